The summed E-state index contributed by atoms with van der Waals surface area (Å²) in [6.07, 6.45) is 9.38. The van der Waals surface area contributed by atoms with Crippen molar-refractivity contribution in [3.63, 3.8) is 0 Å². The monoisotopic (exact) mass is 152 g/mol. The molecule has 3 aliphatic rings. The van der Waals surface area contributed by atoms with Gasteiger partial charge in [-0.2, -0.15) is 0 Å². The molecule has 1 nitrogen and oxygen atoms in total. The summed E-state index contributed by atoms with van der Waals surface area (Å²) in [5, 5.41) is 9.88. The van der Waals surface area contributed by atoms with Crippen LogP contribution in [0.15, 0.2) is 0 Å². The van der Waals surface area contributed by atoms with Gasteiger partial charge in [0.15, 0.2) is 0 Å². The Morgan fingerprint density at radius 1 is 1.00 bits per heavy atom. The fourth-order valence-electron chi connectivity index (χ4n) is 4.18. The van der Waals surface area contributed by atoms with Crippen molar-refractivity contribution < 1.29 is 5.11 Å². The van der Waals surface area contributed by atoms with E-state index in [0.717, 1.165) is 6.42 Å². The highest BCUT2D eigenvalue weighted by atomic mass is 16.3. The summed E-state index contributed by atoms with van der Waals surface area (Å²) in [5.41, 5.74) is 1.08. The molecule has 1 N–H and O–H groups in total. The zero-order chi connectivity index (χ0) is 7.53. The maximum atomic E-state index is 9.88. The fourth-order valence-corrected chi connectivity index (χ4v) is 4.18. The van der Waals surface area contributed by atoms with Crippen molar-refractivity contribution in [2.24, 2.45) is 10.8 Å². The van der Waals surface area contributed by atoms with Gasteiger partial charge in [-0.25, -0.2) is 0 Å². The standard InChI is InChI=1S/C10H16O/c11-8-2-5-9-3-1-4-10(8,9)7-6-9/h8,11H,1-7H2/t8-,9-,10-/m1/s1. The molecule has 0 saturated heterocycles. The molecule has 3 saturated carbocycles. The first-order valence-corrected chi connectivity index (χ1v) is 4.97. The number of aliphatic hydroxyl groups excluding tert-OH is 1. The third kappa shape index (κ3) is 0.488. The van der Waals surface area contributed by atoms with Crippen LogP contribution in [0.1, 0.15) is 44.9 Å². The largest absolute Gasteiger partial charge is 0.393 e. The van der Waals surface area contributed by atoms with E-state index in [1.54, 1.807) is 0 Å². The first-order chi connectivity index (χ1) is 5.29. The molecule has 0 aromatic carbocycles. The van der Waals surface area contributed by atoms with Gasteiger partial charge in [0.25, 0.3) is 0 Å². The lowest BCUT2D eigenvalue weighted by molar-refractivity contribution is -0.0870. The quantitative estimate of drug-likeness (QED) is 0.563. The fraction of sp³-hybridized carbons (Fsp3) is 1.00. The molecule has 3 fully saturated rings. The molecule has 62 valence electrons. The number of aliphatic hydroxyl groups is 1. The van der Waals surface area contributed by atoms with Gasteiger partial charge in [-0.15, -0.1) is 0 Å². The van der Waals surface area contributed by atoms with E-state index in [4.69, 9.17) is 0 Å². The highest BCUT2D eigenvalue weighted by molar-refractivity contribution is 5.17. The van der Waals surface area contributed by atoms with Gasteiger partial charge in [0.1, 0.15) is 0 Å². The van der Waals surface area contributed by atoms with Crippen LogP contribution < -0.4 is 0 Å². The van der Waals surface area contributed by atoms with Gasteiger partial charge in [-0.1, -0.05) is 6.42 Å². The molecule has 0 aromatic heterocycles. The van der Waals surface area contributed by atoms with Crippen LogP contribution in [0.2, 0.25) is 0 Å². The zero-order valence-corrected chi connectivity index (χ0v) is 6.97. The molecule has 3 rings (SSSR count). The summed E-state index contributed by atoms with van der Waals surface area (Å²) >= 11 is 0. The second kappa shape index (κ2) is 1.66. The molecule has 0 unspecified atom stereocenters. The van der Waals surface area contributed by atoms with Gasteiger partial charge in [0.05, 0.1) is 6.10 Å². The Bertz CT molecular complexity index is 201. The average molecular weight is 152 g/mol. The summed E-state index contributed by atoms with van der Waals surface area (Å²) in [6.45, 7) is 0. The second-order valence-corrected chi connectivity index (χ2v) is 4.84. The van der Waals surface area contributed by atoms with Crippen molar-refractivity contribution in [2.75, 3.05) is 0 Å². The molecule has 0 radical (unpaired) electrons. The Balaban J connectivity index is 2.05. The van der Waals surface area contributed by atoms with E-state index in [9.17, 15) is 5.11 Å². The topological polar surface area (TPSA) is 20.2 Å². The van der Waals surface area contributed by atoms with E-state index < -0.39 is 0 Å². The van der Waals surface area contributed by atoms with E-state index >= 15 is 0 Å². The normalized spacial score (nSPS) is 60.3. The molecular weight excluding hydrogens is 136 g/mol. The second-order valence-electron chi connectivity index (χ2n) is 4.84. The number of rotatable bonds is 0. The van der Waals surface area contributed by atoms with Crippen LogP contribution in [0.5, 0.6) is 0 Å². The Kier molecular flexibility index (Phi) is 0.976. The molecule has 0 bridgehead atoms. The van der Waals surface area contributed by atoms with Crippen LogP contribution in [0.4, 0.5) is 0 Å². The van der Waals surface area contributed by atoms with Gasteiger partial charge in [0, 0.05) is 5.41 Å². The molecule has 3 atom stereocenters. The molecule has 0 aliphatic heterocycles. The summed E-state index contributed by atoms with van der Waals surface area (Å²) in [4.78, 5) is 0. The maximum Gasteiger partial charge on any atom is 0.0602 e. The average Bonchev–Trinajstić information content (AvgIpc) is 2.27. The van der Waals surface area contributed by atoms with E-state index in [0.29, 0.717) is 10.8 Å². The first kappa shape index (κ1) is 6.47. The third-order valence-electron chi connectivity index (χ3n) is 4.92. The predicted octanol–water partition coefficient (Wildman–Crippen LogP) is 2.09. The van der Waals surface area contributed by atoms with Crippen molar-refractivity contribution in [1.82, 2.24) is 0 Å². The van der Waals surface area contributed by atoms with E-state index in [-0.39, 0.29) is 6.10 Å². The molecule has 0 heterocycles. The maximum absolute atomic E-state index is 9.88. The Hall–Kier alpha value is -0.0400. The third-order valence-corrected chi connectivity index (χ3v) is 4.92. The van der Waals surface area contributed by atoms with Crippen molar-refractivity contribution in [3.05, 3.63) is 0 Å². The van der Waals surface area contributed by atoms with Crippen molar-refractivity contribution in [2.45, 2.75) is 51.0 Å². The Morgan fingerprint density at radius 3 is 2.55 bits per heavy atom. The highest BCUT2D eigenvalue weighted by Crippen LogP contribution is 2.74. The summed E-state index contributed by atoms with van der Waals surface area (Å²) < 4.78 is 0. The lowest BCUT2D eigenvalue weighted by atomic mass is 9.52. The molecule has 1 heteroatoms. The minimum absolute atomic E-state index is 0.0683. The molecule has 0 spiro atoms. The van der Waals surface area contributed by atoms with Crippen LogP contribution in [-0.4, -0.2) is 11.2 Å². The molecule has 0 aromatic rings. The summed E-state index contributed by atoms with van der Waals surface area (Å²) in [6, 6.07) is 0. The van der Waals surface area contributed by atoms with Crippen molar-refractivity contribution in [1.29, 1.82) is 0 Å². The lowest BCUT2D eigenvalue weighted by Crippen LogP contribution is -2.48. The van der Waals surface area contributed by atoms with Gasteiger partial charge in [0.2, 0.25) is 0 Å². The number of hydrogen-bond donors (Lipinski definition) is 1. The van der Waals surface area contributed by atoms with Crippen LogP contribution in [-0.2, 0) is 0 Å². The van der Waals surface area contributed by atoms with Crippen LogP contribution in [0.3, 0.4) is 0 Å². The van der Waals surface area contributed by atoms with Gasteiger partial charge < -0.3 is 5.11 Å². The van der Waals surface area contributed by atoms with E-state index in [1.807, 2.05) is 0 Å². The first-order valence-electron chi connectivity index (χ1n) is 4.97. The minimum Gasteiger partial charge on any atom is -0.393 e. The van der Waals surface area contributed by atoms with Gasteiger partial charge in [-0.05, 0) is 43.9 Å². The van der Waals surface area contributed by atoms with Gasteiger partial charge in [-0.3, -0.25) is 0 Å². The van der Waals surface area contributed by atoms with Crippen LogP contribution >= 0.6 is 0 Å². The Morgan fingerprint density at radius 2 is 1.91 bits per heavy atom. The van der Waals surface area contributed by atoms with E-state index in [2.05, 4.69) is 0 Å². The van der Waals surface area contributed by atoms with Crippen LogP contribution in [0, 0.1) is 10.8 Å². The predicted molar refractivity (Wildman–Crippen MR) is 43.2 cm³/mol. The molecule has 3 aliphatic carbocycles. The highest BCUT2D eigenvalue weighted by Gasteiger charge is 2.67. The zero-order valence-electron chi connectivity index (χ0n) is 6.97. The Labute approximate surface area is 67.8 Å². The summed E-state index contributed by atoms with van der Waals surface area (Å²) in [7, 11) is 0. The summed E-state index contributed by atoms with van der Waals surface area (Å²) in [5.74, 6) is 0. The van der Waals surface area contributed by atoms with Crippen LogP contribution in [0.25, 0.3) is 0 Å². The molecule has 11 heavy (non-hydrogen) atoms. The minimum atomic E-state index is 0.0683. The van der Waals surface area contributed by atoms with Crippen molar-refractivity contribution >= 4 is 0 Å². The number of hydrogen-bond acceptors (Lipinski definition) is 1. The van der Waals surface area contributed by atoms with E-state index in [1.165, 1.54) is 38.5 Å². The lowest BCUT2D eigenvalue weighted by Gasteiger charge is -2.53. The smallest absolute Gasteiger partial charge is 0.0602 e. The molecular formula is C10H16O. The van der Waals surface area contributed by atoms with Gasteiger partial charge >= 0.3 is 0 Å². The molecule has 0 amide bonds. The van der Waals surface area contributed by atoms with Crippen molar-refractivity contribution in [3.8, 4) is 0 Å². The SMILES string of the molecule is O[C@@H]1CC[C@@]23CCC[C@@]12CC3.